The first kappa shape index (κ1) is 11.2. The van der Waals surface area contributed by atoms with Crippen molar-refractivity contribution in [3.63, 3.8) is 0 Å². The molecule has 0 aliphatic rings. The van der Waals surface area contributed by atoms with Gasteiger partial charge in [-0.05, 0) is 5.56 Å². The van der Waals surface area contributed by atoms with Crippen LogP contribution in [0.1, 0.15) is 5.56 Å². The number of nitrogens with two attached hydrogens (primary N) is 1. The summed E-state index contributed by atoms with van der Waals surface area (Å²) in [6, 6.07) is 8.19. The summed E-state index contributed by atoms with van der Waals surface area (Å²) in [6.45, 7) is 0.595. The molecule has 0 unspecified atom stereocenters. The van der Waals surface area contributed by atoms with Gasteiger partial charge in [-0.15, -0.1) is 23.7 Å². The van der Waals surface area contributed by atoms with Gasteiger partial charge in [0.2, 0.25) is 0 Å². The summed E-state index contributed by atoms with van der Waals surface area (Å²) in [4.78, 5) is 4.23. The normalized spacial score (nSPS) is 9.50. The molecule has 0 spiro atoms. The Hall–Kier alpha value is -0.900. The first-order valence-electron chi connectivity index (χ1n) is 4.09. The summed E-state index contributed by atoms with van der Waals surface area (Å²) in [5, 5.41) is 3.04. The summed E-state index contributed by atoms with van der Waals surface area (Å²) < 4.78 is 0. The molecule has 1 aromatic carbocycles. The molecule has 0 saturated carbocycles. The van der Waals surface area contributed by atoms with E-state index < -0.39 is 0 Å². The molecule has 2 N–H and O–H groups in total. The van der Waals surface area contributed by atoms with E-state index in [-0.39, 0.29) is 12.4 Å². The minimum atomic E-state index is 0. The van der Waals surface area contributed by atoms with Gasteiger partial charge < -0.3 is 5.73 Å². The molecule has 2 aromatic rings. The third-order valence-corrected chi connectivity index (χ3v) is 2.69. The second-order valence-corrected chi connectivity index (χ2v) is 3.63. The van der Waals surface area contributed by atoms with Crippen molar-refractivity contribution in [1.82, 2.24) is 4.98 Å². The molecule has 0 fully saturated rings. The van der Waals surface area contributed by atoms with Gasteiger partial charge in [0.05, 0.1) is 0 Å². The number of nitrogens with zero attached hydrogens (tertiary/aromatic N) is 1. The molecule has 0 saturated heterocycles. The molecule has 2 nitrogen and oxygen atoms in total. The second kappa shape index (κ2) is 5.10. The minimum Gasteiger partial charge on any atom is -0.326 e. The number of aromatic nitrogens is 1. The standard InChI is InChI=1S/C10H10N2S.ClH/c11-7-8-1-3-9(4-2-8)10-12-5-6-13-10;/h1-6H,7,11H2;1H. The van der Waals surface area contributed by atoms with Crippen molar-refractivity contribution in [1.29, 1.82) is 0 Å². The molecular formula is C10H11ClN2S. The van der Waals surface area contributed by atoms with Crippen molar-refractivity contribution in [2.75, 3.05) is 0 Å². The Bertz CT molecular complexity index is 370. The number of benzene rings is 1. The number of halogens is 1. The van der Waals surface area contributed by atoms with Crippen LogP contribution in [0, 0.1) is 0 Å². The van der Waals surface area contributed by atoms with Gasteiger partial charge >= 0.3 is 0 Å². The van der Waals surface area contributed by atoms with E-state index in [1.807, 2.05) is 23.7 Å². The van der Waals surface area contributed by atoms with Crippen LogP contribution in [-0.4, -0.2) is 4.98 Å². The highest BCUT2D eigenvalue weighted by atomic mass is 35.5. The van der Waals surface area contributed by atoms with Crippen molar-refractivity contribution in [3.8, 4) is 10.6 Å². The van der Waals surface area contributed by atoms with Gasteiger partial charge in [-0.1, -0.05) is 24.3 Å². The summed E-state index contributed by atoms with van der Waals surface area (Å²) in [6.07, 6.45) is 1.82. The number of thiazole rings is 1. The Morgan fingerprint density at radius 3 is 2.43 bits per heavy atom. The maximum Gasteiger partial charge on any atom is 0.123 e. The van der Waals surface area contributed by atoms with Crippen LogP contribution < -0.4 is 5.73 Å². The van der Waals surface area contributed by atoms with Crippen molar-refractivity contribution < 1.29 is 0 Å². The Morgan fingerprint density at radius 1 is 1.21 bits per heavy atom. The van der Waals surface area contributed by atoms with Crippen LogP contribution in [0.3, 0.4) is 0 Å². The first-order chi connectivity index (χ1) is 6.40. The van der Waals surface area contributed by atoms with Crippen LogP contribution >= 0.6 is 23.7 Å². The number of hydrogen-bond acceptors (Lipinski definition) is 3. The van der Waals surface area contributed by atoms with E-state index >= 15 is 0 Å². The van der Waals surface area contributed by atoms with E-state index in [0.29, 0.717) is 6.54 Å². The maximum atomic E-state index is 5.51. The lowest BCUT2D eigenvalue weighted by molar-refractivity contribution is 1.07. The van der Waals surface area contributed by atoms with Crippen molar-refractivity contribution in [3.05, 3.63) is 41.4 Å². The zero-order valence-corrected chi connectivity index (χ0v) is 9.15. The molecule has 0 radical (unpaired) electrons. The van der Waals surface area contributed by atoms with Crippen molar-refractivity contribution >= 4 is 23.7 Å². The SMILES string of the molecule is Cl.NCc1ccc(-c2nccs2)cc1. The monoisotopic (exact) mass is 226 g/mol. The van der Waals surface area contributed by atoms with E-state index in [9.17, 15) is 0 Å². The Labute approximate surface area is 93.2 Å². The highest BCUT2D eigenvalue weighted by Gasteiger charge is 1.98. The molecule has 4 heteroatoms. The molecule has 0 atom stereocenters. The fourth-order valence-corrected chi connectivity index (χ4v) is 1.79. The van der Waals surface area contributed by atoms with E-state index in [4.69, 9.17) is 5.73 Å². The van der Waals surface area contributed by atoms with Crippen LogP contribution in [0.4, 0.5) is 0 Å². The molecule has 1 heterocycles. The molecule has 0 aliphatic heterocycles. The van der Waals surface area contributed by atoms with Gasteiger partial charge in [-0.25, -0.2) is 4.98 Å². The van der Waals surface area contributed by atoms with Crippen molar-refractivity contribution in [2.24, 2.45) is 5.73 Å². The highest BCUT2D eigenvalue weighted by Crippen LogP contribution is 2.21. The maximum absolute atomic E-state index is 5.51. The average molecular weight is 227 g/mol. The Kier molecular flexibility index (Phi) is 4.07. The molecule has 0 amide bonds. The lowest BCUT2D eigenvalue weighted by Crippen LogP contribution is -1.94. The third kappa shape index (κ3) is 2.32. The van der Waals surface area contributed by atoms with E-state index in [2.05, 4.69) is 17.1 Å². The lowest BCUT2D eigenvalue weighted by atomic mass is 10.1. The van der Waals surface area contributed by atoms with Crippen molar-refractivity contribution in [2.45, 2.75) is 6.54 Å². The van der Waals surface area contributed by atoms with Crippen LogP contribution in [0.2, 0.25) is 0 Å². The summed E-state index contributed by atoms with van der Waals surface area (Å²) in [5.41, 5.74) is 7.82. The van der Waals surface area contributed by atoms with E-state index in [0.717, 1.165) is 16.1 Å². The topological polar surface area (TPSA) is 38.9 Å². The number of rotatable bonds is 2. The van der Waals surface area contributed by atoms with Crippen LogP contribution in [0.5, 0.6) is 0 Å². The van der Waals surface area contributed by atoms with Gasteiger partial charge in [0.1, 0.15) is 5.01 Å². The van der Waals surface area contributed by atoms with Crippen LogP contribution in [0.25, 0.3) is 10.6 Å². The predicted molar refractivity (Wildman–Crippen MR) is 62.7 cm³/mol. The molecule has 0 aliphatic carbocycles. The lowest BCUT2D eigenvalue weighted by Gasteiger charge is -1.98. The molecule has 74 valence electrons. The summed E-state index contributed by atoms with van der Waals surface area (Å²) >= 11 is 1.65. The van der Waals surface area contributed by atoms with Gasteiger partial charge in [-0.2, -0.15) is 0 Å². The predicted octanol–water partition coefficient (Wildman–Crippen LogP) is 2.69. The average Bonchev–Trinajstić information content (AvgIpc) is 2.71. The largest absolute Gasteiger partial charge is 0.326 e. The third-order valence-electron chi connectivity index (χ3n) is 1.87. The van der Waals surface area contributed by atoms with E-state index in [1.54, 1.807) is 11.3 Å². The van der Waals surface area contributed by atoms with E-state index in [1.165, 1.54) is 0 Å². The quantitative estimate of drug-likeness (QED) is 0.855. The fraction of sp³-hybridized carbons (Fsp3) is 0.100. The molecular weight excluding hydrogens is 216 g/mol. The minimum absolute atomic E-state index is 0. The van der Waals surface area contributed by atoms with Gasteiger partial charge in [0, 0.05) is 23.7 Å². The van der Waals surface area contributed by atoms with Gasteiger partial charge in [0.25, 0.3) is 0 Å². The van der Waals surface area contributed by atoms with Gasteiger partial charge in [0.15, 0.2) is 0 Å². The van der Waals surface area contributed by atoms with Crippen LogP contribution in [-0.2, 0) is 6.54 Å². The Morgan fingerprint density at radius 2 is 1.93 bits per heavy atom. The fourth-order valence-electron chi connectivity index (χ4n) is 1.15. The second-order valence-electron chi connectivity index (χ2n) is 2.74. The zero-order valence-electron chi connectivity index (χ0n) is 7.51. The zero-order chi connectivity index (χ0) is 9.10. The summed E-state index contributed by atoms with van der Waals surface area (Å²) in [7, 11) is 0. The van der Waals surface area contributed by atoms with Crippen LogP contribution in [0.15, 0.2) is 35.8 Å². The smallest absolute Gasteiger partial charge is 0.123 e. The number of hydrogen-bond donors (Lipinski definition) is 1. The van der Waals surface area contributed by atoms with Gasteiger partial charge in [-0.3, -0.25) is 0 Å². The highest BCUT2D eigenvalue weighted by molar-refractivity contribution is 7.13. The summed E-state index contributed by atoms with van der Waals surface area (Å²) in [5.74, 6) is 0. The Balaban J connectivity index is 0.000000980. The molecule has 2 rings (SSSR count). The molecule has 1 aromatic heterocycles. The first-order valence-corrected chi connectivity index (χ1v) is 4.97. The molecule has 0 bridgehead atoms. The molecule has 14 heavy (non-hydrogen) atoms.